The molecule has 0 bridgehead atoms. The summed E-state index contributed by atoms with van der Waals surface area (Å²) in [6.45, 7) is 7.55. The van der Waals surface area contributed by atoms with E-state index in [-0.39, 0.29) is 24.5 Å². The minimum Gasteiger partial charge on any atom is -0.343 e. The van der Waals surface area contributed by atoms with Crippen LogP contribution >= 0.6 is 0 Å². The van der Waals surface area contributed by atoms with Crippen molar-refractivity contribution in [3.05, 3.63) is 64.5 Å². The van der Waals surface area contributed by atoms with Crippen LogP contribution in [0.2, 0.25) is 0 Å². The monoisotopic (exact) mass is 403 g/mol. The molecular formula is C25H29N3O2. The van der Waals surface area contributed by atoms with Crippen molar-refractivity contribution in [2.45, 2.75) is 52.4 Å². The number of benzene rings is 2. The van der Waals surface area contributed by atoms with Gasteiger partial charge in [-0.05, 0) is 68.5 Å². The number of nitrogens with one attached hydrogen (secondary N) is 1. The van der Waals surface area contributed by atoms with E-state index in [1.165, 1.54) is 11.1 Å². The smallest absolute Gasteiger partial charge is 0.223 e. The fourth-order valence-electron chi connectivity index (χ4n) is 4.18. The van der Waals surface area contributed by atoms with Gasteiger partial charge in [0.05, 0.1) is 11.0 Å². The third-order valence-electron chi connectivity index (χ3n) is 6.28. The third kappa shape index (κ3) is 4.30. The van der Waals surface area contributed by atoms with Crippen LogP contribution in [0.4, 0.5) is 0 Å². The summed E-state index contributed by atoms with van der Waals surface area (Å²) < 4.78 is 0. The van der Waals surface area contributed by atoms with Crippen LogP contribution in [0, 0.1) is 20.8 Å². The van der Waals surface area contributed by atoms with Crippen molar-refractivity contribution in [2.75, 3.05) is 13.1 Å². The molecule has 1 aliphatic rings. The number of aryl methyl sites for hydroxylation is 3. The van der Waals surface area contributed by atoms with Crippen molar-refractivity contribution in [3.63, 3.8) is 0 Å². The first-order valence-corrected chi connectivity index (χ1v) is 10.7. The van der Waals surface area contributed by atoms with Crippen LogP contribution in [0.25, 0.3) is 11.0 Å². The molecule has 1 fully saturated rings. The summed E-state index contributed by atoms with van der Waals surface area (Å²) in [6.07, 6.45) is 2.34. The fraction of sp³-hybridized carbons (Fsp3) is 0.400. The van der Waals surface area contributed by atoms with E-state index in [2.05, 4.69) is 30.1 Å². The predicted octanol–water partition coefficient (Wildman–Crippen LogP) is 4.86. The number of rotatable bonds is 5. The van der Waals surface area contributed by atoms with Gasteiger partial charge in [-0.1, -0.05) is 18.2 Å². The zero-order valence-corrected chi connectivity index (χ0v) is 18.0. The molecule has 1 saturated heterocycles. The van der Waals surface area contributed by atoms with Gasteiger partial charge in [0.2, 0.25) is 5.91 Å². The molecule has 156 valence electrons. The Morgan fingerprint density at radius 3 is 2.50 bits per heavy atom. The second kappa shape index (κ2) is 8.42. The molecule has 1 amide bonds. The second-order valence-corrected chi connectivity index (χ2v) is 8.52. The highest BCUT2D eigenvalue weighted by Crippen LogP contribution is 2.28. The molecule has 1 N–H and O–H groups in total. The maximum Gasteiger partial charge on any atom is 0.223 e. The van der Waals surface area contributed by atoms with Crippen LogP contribution in [0.5, 0.6) is 0 Å². The van der Waals surface area contributed by atoms with Crippen molar-refractivity contribution < 1.29 is 9.59 Å². The lowest BCUT2D eigenvalue weighted by molar-refractivity contribution is -0.132. The van der Waals surface area contributed by atoms with Gasteiger partial charge < -0.3 is 9.88 Å². The number of piperidine rings is 1. The number of Topliss-reactive ketones (excluding diaryl/α,β-unsaturated/α-hetero) is 1. The van der Waals surface area contributed by atoms with E-state index in [1.807, 2.05) is 36.9 Å². The Hall–Kier alpha value is -2.95. The summed E-state index contributed by atoms with van der Waals surface area (Å²) in [4.78, 5) is 35.2. The molecule has 30 heavy (non-hydrogen) atoms. The first kappa shape index (κ1) is 20.3. The highest BCUT2D eigenvalue weighted by atomic mass is 16.2. The van der Waals surface area contributed by atoms with Crippen molar-refractivity contribution in [3.8, 4) is 0 Å². The van der Waals surface area contributed by atoms with Gasteiger partial charge in [-0.25, -0.2) is 4.98 Å². The summed E-state index contributed by atoms with van der Waals surface area (Å²) >= 11 is 0. The molecule has 2 aromatic carbocycles. The molecular weight excluding hydrogens is 374 g/mol. The number of ketones is 1. The van der Waals surface area contributed by atoms with Gasteiger partial charge in [0, 0.05) is 37.4 Å². The Morgan fingerprint density at radius 1 is 1.00 bits per heavy atom. The molecule has 3 aromatic rings. The summed E-state index contributed by atoms with van der Waals surface area (Å²) in [5.41, 5.74) is 6.27. The minimum atomic E-state index is 0.0407. The van der Waals surface area contributed by atoms with Crippen LogP contribution in [0.1, 0.15) is 64.5 Å². The molecule has 0 atom stereocenters. The van der Waals surface area contributed by atoms with Gasteiger partial charge in [0.25, 0.3) is 0 Å². The summed E-state index contributed by atoms with van der Waals surface area (Å²) in [5, 5.41) is 0. The highest BCUT2D eigenvalue weighted by Gasteiger charge is 2.26. The maximum atomic E-state index is 12.6. The number of likely N-dealkylation sites (tertiary alicyclic amines) is 1. The van der Waals surface area contributed by atoms with Crippen LogP contribution < -0.4 is 0 Å². The molecule has 1 aliphatic heterocycles. The van der Waals surface area contributed by atoms with Crippen molar-refractivity contribution in [1.82, 2.24) is 14.9 Å². The van der Waals surface area contributed by atoms with E-state index in [1.54, 1.807) is 0 Å². The number of H-pyrrole nitrogens is 1. The maximum absolute atomic E-state index is 12.6. The van der Waals surface area contributed by atoms with Gasteiger partial charge in [0.15, 0.2) is 5.78 Å². The molecule has 5 nitrogen and oxygen atoms in total. The Balaban J connectivity index is 1.30. The number of nitrogens with zero attached hydrogens (tertiary/aromatic N) is 2. The number of imidazole rings is 1. The van der Waals surface area contributed by atoms with Crippen LogP contribution in [-0.2, 0) is 4.79 Å². The van der Waals surface area contributed by atoms with E-state index in [9.17, 15) is 9.59 Å². The van der Waals surface area contributed by atoms with Crippen LogP contribution in [-0.4, -0.2) is 39.6 Å². The number of aromatic amines is 1. The van der Waals surface area contributed by atoms with E-state index in [4.69, 9.17) is 4.98 Å². The van der Waals surface area contributed by atoms with Crippen LogP contribution in [0.15, 0.2) is 36.4 Å². The van der Waals surface area contributed by atoms with Crippen molar-refractivity contribution in [2.24, 2.45) is 0 Å². The molecule has 0 aliphatic carbocycles. The largest absolute Gasteiger partial charge is 0.343 e. The average Bonchev–Trinajstić information content (AvgIpc) is 3.17. The first-order valence-electron chi connectivity index (χ1n) is 10.7. The molecule has 0 unspecified atom stereocenters. The van der Waals surface area contributed by atoms with Crippen LogP contribution in [0.3, 0.4) is 0 Å². The third-order valence-corrected chi connectivity index (χ3v) is 6.28. The fourth-order valence-corrected chi connectivity index (χ4v) is 4.18. The summed E-state index contributed by atoms with van der Waals surface area (Å²) in [6, 6.07) is 12.0. The second-order valence-electron chi connectivity index (χ2n) is 8.52. The number of carbonyl (C=O) groups excluding carboxylic acids is 2. The number of amides is 1. The molecule has 1 aromatic heterocycles. The quantitative estimate of drug-likeness (QED) is 0.619. The minimum absolute atomic E-state index is 0.0407. The number of aromatic nitrogens is 2. The molecule has 0 saturated carbocycles. The standard InChI is InChI=1S/C25H29N3O2/c1-16-4-7-21-22(14-16)27-25(26-21)19-10-12-28(13-11-19)24(30)9-8-23(29)20-6-5-17(2)18(3)15-20/h4-7,14-15,19H,8-13H2,1-3H3,(H,26,27). The lowest BCUT2D eigenvalue weighted by Crippen LogP contribution is -2.38. The number of fused-ring (bicyclic) bond motifs is 1. The van der Waals surface area contributed by atoms with Gasteiger partial charge in [-0.2, -0.15) is 0 Å². The number of hydrogen-bond donors (Lipinski definition) is 1. The molecule has 4 rings (SSSR count). The van der Waals surface area contributed by atoms with Gasteiger partial charge in [0.1, 0.15) is 5.82 Å². The zero-order valence-electron chi connectivity index (χ0n) is 18.0. The van der Waals surface area contributed by atoms with Gasteiger partial charge in [-0.15, -0.1) is 0 Å². The normalized spacial score (nSPS) is 15.0. The van der Waals surface area contributed by atoms with E-state index < -0.39 is 0 Å². The van der Waals surface area contributed by atoms with E-state index >= 15 is 0 Å². The summed E-state index contributed by atoms with van der Waals surface area (Å²) in [7, 11) is 0. The lowest BCUT2D eigenvalue weighted by Gasteiger charge is -2.31. The molecule has 5 heteroatoms. The Labute approximate surface area is 177 Å². The average molecular weight is 404 g/mol. The number of carbonyl (C=O) groups is 2. The van der Waals surface area contributed by atoms with E-state index in [0.717, 1.165) is 48.4 Å². The zero-order chi connectivity index (χ0) is 21.3. The summed E-state index contributed by atoms with van der Waals surface area (Å²) in [5.74, 6) is 1.48. The SMILES string of the molecule is Cc1ccc2nc(C3CCN(C(=O)CCC(=O)c4ccc(C)c(C)c4)CC3)[nH]c2c1. The van der Waals surface area contributed by atoms with E-state index in [0.29, 0.717) is 11.5 Å². The Bertz CT molecular complexity index is 1090. The van der Waals surface area contributed by atoms with Crippen molar-refractivity contribution >= 4 is 22.7 Å². The lowest BCUT2D eigenvalue weighted by atomic mass is 9.95. The Morgan fingerprint density at radius 2 is 1.77 bits per heavy atom. The molecule has 0 radical (unpaired) electrons. The Kier molecular flexibility index (Phi) is 5.71. The van der Waals surface area contributed by atoms with Gasteiger partial charge >= 0.3 is 0 Å². The molecule has 2 heterocycles. The topological polar surface area (TPSA) is 66.1 Å². The molecule has 0 spiro atoms. The van der Waals surface area contributed by atoms with Gasteiger partial charge in [-0.3, -0.25) is 9.59 Å². The highest BCUT2D eigenvalue weighted by molar-refractivity contribution is 5.98. The van der Waals surface area contributed by atoms with Crippen molar-refractivity contribution in [1.29, 1.82) is 0 Å². The number of hydrogen-bond acceptors (Lipinski definition) is 3. The predicted molar refractivity (Wildman–Crippen MR) is 119 cm³/mol. The first-order chi connectivity index (χ1) is 14.4.